The third-order valence-electron chi connectivity index (χ3n) is 5.08. The molecule has 7 nitrogen and oxygen atoms in total. The summed E-state index contributed by atoms with van der Waals surface area (Å²) in [6.07, 6.45) is 1.24. The maximum absolute atomic E-state index is 12.9. The fourth-order valence-electron chi connectivity index (χ4n) is 3.43. The molecule has 1 heterocycles. The van der Waals surface area contributed by atoms with Crippen molar-refractivity contribution >= 4 is 33.2 Å². The van der Waals surface area contributed by atoms with Crippen LogP contribution in [0.1, 0.15) is 18.4 Å². The lowest BCUT2D eigenvalue weighted by molar-refractivity contribution is -0.120. The van der Waals surface area contributed by atoms with Crippen molar-refractivity contribution in [2.45, 2.75) is 18.6 Å². The molecule has 0 radical (unpaired) electrons. The number of hydrogen-bond acceptors (Lipinski definition) is 5. The molecule has 2 aromatic rings. The third kappa shape index (κ3) is 5.44. The number of anilines is 1. The van der Waals surface area contributed by atoms with Crippen molar-refractivity contribution < 1.29 is 22.7 Å². The van der Waals surface area contributed by atoms with Crippen molar-refractivity contribution in [2.24, 2.45) is 5.92 Å². The Kier molecular flexibility index (Phi) is 7.23. The lowest BCUT2D eigenvalue weighted by atomic mass is 9.98. The number of hydrogen-bond donors (Lipinski definition) is 1. The number of methoxy groups -OCH3 is 2. The molecule has 2 aromatic carbocycles. The normalized spacial score (nSPS) is 17.4. The topological polar surface area (TPSA) is 84.9 Å². The maximum atomic E-state index is 12.9. The molecule has 0 aliphatic carbocycles. The van der Waals surface area contributed by atoms with Crippen molar-refractivity contribution in [2.75, 3.05) is 32.6 Å². The number of carbonyl (C=O) groups excluding carboxylic acids is 1. The molecule has 0 spiro atoms. The lowest BCUT2D eigenvalue weighted by Gasteiger charge is -2.31. The molecule has 162 valence electrons. The number of nitrogens with one attached hydrogen (secondary N) is 1. The fourth-order valence-corrected chi connectivity index (χ4v) is 5.16. The van der Waals surface area contributed by atoms with Crippen LogP contribution in [0, 0.1) is 5.92 Å². The Balaban J connectivity index is 1.68. The third-order valence-corrected chi connectivity index (χ3v) is 7.15. The molecular weight excluding hydrogens is 428 g/mol. The Hall–Kier alpha value is -2.29. The molecule has 30 heavy (non-hydrogen) atoms. The highest BCUT2D eigenvalue weighted by atomic mass is 35.5. The van der Waals surface area contributed by atoms with E-state index in [0.717, 1.165) is 0 Å². The monoisotopic (exact) mass is 452 g/mol. The molecule has 0 unspecified atom stereocenters. The van der Waals surface area contributed by atoms with Gasteiger partial charge in [-0.3, -0.25) is 4.79 Å². The van der Waals surface area contributed by atoms with E-state index in [1.54, 1.807) is 49.6 Å². The van der Waals surface area contributed by atoms with Gasteiger partial charge in [-0.25, -0.2) is 12.7 Å². The average Bonchev–Trinajstić information content (AvgIpc) is 2.75. The maximum Gasteiger partial charge on any atom is 0.228 e. The van der Waals surface area contributed by atoms with Crippen LogP contribution in [0.3, 0.4) is 0 Å². The number of halogens is 1. The van der Waals surface area contributed by atoms with Crippen LogP contribution in [-0.4, -0.2) is 45.9 Å². The van der Waals surface area contributed by atoms with Gasteiger partial charge >= 0.3 is 0 Å². The summed E-state index contributed by atoms with van der Waals surface area (Å²) in [7, 11) is -0.482. The van der Waals surface area contributed by atoms with E-state index in [1.807, 2.05) is 0 Å². The van der Waals surface area contributed by atoms with E-state index in [0.29, 0.717) is 47.2 Å². The van der Waals surface area contributed by atoms with Gasteiger partial charge < -0.3 is 14.8 Å². The first-order chi connectivity index (χ1) is 14.3. The van der Waals surface area contributed by atoms with Crippen LogP contribution in [0.4, 0.5) is 5.69 Å². The SMILES string of the molecule is COc1ccc(NC(=O)[C@@H]2CCCN(S(=O)(=O)Cc3ccc(Cl)cc3)C2)c(OC)c1. The molecule has 3 rings (SSSR count). The average molecular weight is 453 g/mol. The summed E-state index contributed by atoms with van der Waals surface area (Å²) in [6, 6.07) is 11.8. The van der Waals surface area contributed by atoms with Gasteiger partial charge in [0.15, 0.2) is 0 Å². The van der Waals surface area contributed by atoms with E-state index in [1.165, 1.54) is 11.4 Å². The van der Waals surface area contributed by atoms with Gasteiger partial charge in [0.2, 0.25) is 15.9 Å². The first kappa shape index (κ1) is 22.4. The summed E-state index contributed by atoms with van der Waals surface area (Å²) >= 11 is 5.87. The van der Waals surface area contributed by atoms with E-state index in [4.69, 9.17) is 21.1 Å². The van der Waals surface area contributed by atoms with Gasteiger partial charge in [-0.1, -0.05) is 23.7 Å². The number of amides is 1. The summed E-state index contributed by atoms with van der Waals surface area (Å²) in [6.45, 7) is 0.561. The van der Waals surface area contributed by atoms with Crippen molar-refractivity contribution in [3.63, 3.8) is 0 Å². The molecule has 0 saturated carbocycles. The largest absolute Gasteiger partial charge is 0.497 e. The Morgan fingerprint density at radius 2 is 1.90 bits per heavy atom. The molecule has 1 atom stereocenters. The number of benzene rings is 2. The lowest BCUT2D eigenvalue weighted by Crippen LogP contribution is -2.44. The summed E-state index contributed by atoms with van der Waals surface area (Å²) in [5.41, 5.74) is 1.18. The number of sulfonamides is 1. The van der Waals surface area contributed by atoms with E-state index in [9.17, 15) is 13.2 Å². The van der Waals surface area contributed by atoms with Crippen LogP contribution in [0.15, 0.2) is 42.5 Å². The Bertz CT molecular complexity index is 995. The minimum absolute atomic E-state index is 0.120. The number of nitrogens with zero attached hydrogens (tertiary/aromatic N) is 1. The van der Waals surface area contributed by atoms with E-state index in [-0.39, 0.29) is 18.2 Å². The van der Waals surface area contributed by atoms with Gasteiger partial charge in [0, 0.05) is 24.2 Å². The van der Waals surface area contributed by atoms with Crippen molar-refractivity contribution in [1.29, 1.82) is 0 Å². The fraction of sp³-hybridized carbons (Fsp3) is 0.381. The quantitative estimate of drug-likeness (QED) is 0.694. The van der Waals surface area contributed by atoms with Crippen molar-refractivity contribution in [3.05, 3.63) is 53.1 Å². The van der Waals surface area contributed by atoms with Crippen LogP contribution in [-0.2, 0) is 20.6 Å². The first-order valence-corrected chi connectivity index (χ1v) is 11.6. The molecule has 0 bridgehead atoms. The minimum Gasteiger partial charge on any atom is -0.497 e. The van der Waals surface area contributed by atoms with Gasteiger partial charge in [-0.2, -0.15) is 0 Å². The molecule has 9 heteroatoms. The Morgan fingerprint density at radius 1 is 1.17 bits per heavy atom. The zero-order chi connectivity index (χ0) is 21.7. The molecule has 1 amide bonds. The Labute approximate surface area is 182 Å². The number of ether oxygens (including phenoxy) is 2. The highest BCUT2D eigenvalue weighted by Gasteiger charge is 2.32. The highest BCUT2D eigenvalue weighted by molar-refractivity contribution is 7.88. The second-order valence-electron chi connectivity index (χ2n) is 7.14. The van der Waals surface area contributed by atoms with Crippen molar-refractivity contribution in [1.82, 2.24) is 4.31 Å². The first-order valence-electron chi connectivity index (χ1n) is 9.57. The van der Waals surface area contributed by atoms with Crippen molar-refractivity contribution in [3.8, 4) is 11.5 Å². The number of rotatable bonds is 7. The smallest absolute Gasteiger partial charge is 0.228 e. The molecular formula is C21H25ClN2O5S. The molecule has 1 fully saturated rings. The molecule has 1 saturated heterocycles. The second kappa shape index (κ2) is 9.68. The van der Waals surface area contributed by atoms with Crippen LogP contribution < -0.4 is 14.8 Å². The highest BCUT2D eigenvalue weighted by Crippen LogP contribution is 2.30. The van der Waals surface area contributed by atoms with E-state index < -0.39 is 15.9 Å². The standard InChI is InChI=1S/C21H25ClN2O5S/c1-28-18-9-10-19(20(12-18)29-2)23-21(25)16-4-3-11-24(13-16)30(26,27)14-15-5-7-17(22)8-6-15/h5-10,12,16H,3-4,11,13-14H2,1-2H3,(H,23,25)/t16-/m1/s1. The zero-order valence-electron chi connectivity index (χ0n) is 16.9. The van der Waals surface area contributed by atoms with Crippen LogP contribution in [0.2, 0.25) is 5.02 Å². The second-order valence-corrected chi connectivity index (χ2v) is 9.54. The van der Waals surface area contributed by atoms with Gasteiger partial charge in [-0.05, 0) is 42.7 Å². The Morgan fingerprint density at radius 3 is 2.57 bits per heavy atom. The van der Waals surface area contributed by atoms with Gasteiger partial charge in [-0.15, -0.1) is 0 Å². The van der Waals surface area contributed by atoms with Crippen LogP contribution >= 0.6 is 11.6 Å². The number of carbonyl (C=O) groups is 1. The van der Waals surface area contributed by atoms with Crippen LogP contribution in [0.25, 0.3) is 0 Å². The van der Waals surface area contributed by atoms with Gasteiger partial charge in [0.25, 0.3) is 0 Å². The zero-order valence-corrected chi connectivity index (χ0v) is 18.5. The molecule has 1 N–H and O–H groups in total. The minimum atomic E-state index is -3.54. The predicted molar refractivity (Wildman–Crippen MR) is 117 cm³/mol. The van der Waals surface area contributed by atoms with E-state index in [2.05, 4.69) is 5.32 Å². The molecule has 1 aliphatic rings. The van der Waals surface area contributed by atoms with Gasteiger partial charge in [0.1, 0.15) is 11.5 Å². The summed E-state index contributed by atoms with van der Waals surface area (Å²) < 4.78 is 37.6. The summed E-state index contributed by atoms with van der Waals surface area (Å²) in [4.78, 5) is 12.8. The van der Waals surface area contributed by atoms with E-state index >= 15 is 0 Å². The van der Waals surface area contributed by atoms with Crippen LogP contribution in [0.5, 0.6) is 11.5 Å². The molecule has 0 aromatic heterocycles. The molecule has 1 aliphatic heterocycles. The summed E-state index contributed by atoms with van der Waals surface area (Å²) in [5, 5.41) is 3.41. The predicted octanol–water partition coefficient (Wildman–Crippen LogP) is 3.54. The van der Waals surface area contributed by atoms with Gasteiger partial charge in [0.05, 0.1) is 31.6 Å². The summed E-state index contributed by atoms with van der Waals surface area (Å²) in [5.74, 6) is 0.299. The number of piperidine rings is 1.